The van der Waals surface area contributed by atoms with E-state index in [-0.39, 0.29) is 0 Å². The first kappa shape index (κ1) is 19.9. The smallest absolute Gasteiger partial charge is 0.162 e. The molecule has 0 aliphatic heterocycles. The Morgan fingerprint density at radius 1 is 1.16 bits per heavy atom. The quantitative estimate of drug-likeness (QED) is 0.383. The van der Waals surface area contributed by atoms with Crippen molar-refractivity contribution in [3.05, 3.63) is 59.1 Å². The highest BCUT2D eigenvalue weighted by Crippen LogP contribution is 2.43. The average molecular weight is 436 g/mol. The summed E-state index contributed by atoms with van der Waals surface area (Å²) >= 11 is 1.80. The first-order valence-electron chi connectivity index (χ1n) is 10.4. The number of anilines is 2. The Morgan fingerprint density at radius 2 is 2.03 bits per heavy atom. The molecule has 6 nitrogen and oxygen atoms in total. The second-order valence-corrected chi connectivity index (χ2v) is 9.02. The van der Waals surface area contributed by atoms with Crippen LogP contribution in [0.1, 0.15) is 29.5 Å². The topological polar surface area (TPSA) is 60.6 Å². The van der Waals surface area contributed by atoms with Gasteiger partial charge in [-0.2, -0.15) is 0 Å². The molecule has 1 unspecified atom stereocenters. The third kappa shape index (κ3) is 3.63. The molecule has 0 radical (unpaired) electrons. The third-order valence-corrected chi connectivity index (χ3v) is 7.10. The molecule has 1 aromatic carbocycles. The van der Waals surface area contributed by atoms with Gasteiger partial charge in [0, 0.05) is 16.6 Å². The fourth-order valence-corrected chi connectivity index (χ4v) is 5.49. The predicted octanol–water partition coefficient (Wildman–Crippen LogP) is 5.76. The highest BCUT2D eigenvalue weighted by atomic mass is 32.1. The number of aryl methyl sites for hydroxylation is 1. The van der Waals surface area contributed by atoms with Gasteiger partial charge < -0.3 is 18.8 Å². The van der Waals surface area contributed by atoms with E-state index in [4.69, 9.17) is 18.9 Å². The van der Waals surface area contributed by atoms with Crippen LogP contribution >= 0.6 is 11.3 Å². The molecule has 1 atom stereocenters. The normalized spacial score (nSPS) is 15.6. The number of ether oxygens (including phenoxy) is 2. The number of hydrogen-bond acceptors (Lipinski definition) is 7. The molecule has 4 aromatic rings. The first-order chi connectivity index (χ1) is 15.2. The molecule has 31 heavy (non-hydrogen) atoms. The van der Waals surface area contributed by atoms with Crippen LogP contribution in [0.5, 0.6) is 11.5 Å². The minimum Gasteiger partial charge on any atom is -0.493 e. The Morgan fingerprint density at radius 3 is 2.81 bits per heavy atom. The lowest BCUT2D eigenvalue weighted by Crippen LogP contribution is -2.19. The summed E-state index contributed by atoms with van der Waals surface area (Å²) in [4.78, 5) is 14.1. The monoisotopic (exact) mass is 435 g/mol. The Kier molecular flexibility index (Phi) is 5.28. The lowest BCUT2D eigenvalue weighted by atomic mass is 9.88. The molecule has 0 amide bonds. The summed E-state index contributed by atoms with van der Waals surface area (Å²) in [5.74, 6) is 3.80. The Bertz CT molecular complexity index is 1200. The zero-order valence-corrected chi connectivity index (χ0v) is 18.7. The van der Waals surface area contributed by atoms with Crippen molar-refractivity contribution in [3.63, 3.8) is 0 Å². The van der Waals surface area contributed by atoms with Crippen LogP contribution in [0.3, 0.4) is 0 Å². The number of aromatic nitrogens is 2. The summed E-state index contributed by atoms with van der Waals surface area (Å²) in [5.41, 5.74) is 2.36. The molecule has 5 rings (SSSR count). The van der Waals surface area contributed by atoms with E-state index >= 15 is 0 Å². The number of furan rings is 1. The summed E-state index contributed by atoms with van der Waals surface area (Å²) in [6, 6.07) is 9.83. The molecule has 1 aliphatic carbocycles. The maximum atomic E-state index is 5.69. The zero-order valence-electron chi connectivity index (χ0n) is 17.9. The summed E-state index contributed by atoms with van der Waals surface area (Å²) in [5, 5.41) is 1.16. The van der Waals surface area contributed by atoms with E-state index in [2.05, 4.69) is 16.8 Å². The largest absolute Gasteiger partial charge is 0.493 e. The minimum absolute atomic E-state index is 0.550. The van der Waals surface area contributed by atoms with Gasteiger partial charge in [0.05, 0.1) is 32.4 Å². The molecule has 1 aliphatic rings. The van der Waals surface area contributed by atoms with E-state index in [1.165, 1.54) is 16.9 Å². The predicted molar refractivity (Wildman–Crippen MR) is 123 cm³/mol. The van der Waals surface area contributed by atoms with Crippen LogP contribution in [0.2, 0.25) is 0 Å². The van der Waals surface area contributed by atoms with Gasteiger partial charge in [0.25, 0.3) is 0 Å². The van der Waals surface area contributed by atoms with Crippen LogP contribution in [0.4, 0.5) is 11.5 Å². The SMILES string of the molecule is COc1ccc(N(Cc2ccco2)c2ncnc3sc4c(c23)CC(C)CC4)cc1OC. The summed E-state index contributed by atoms with van der Waals surface area (Å²) in [6.07, 6.45) is 6.78. The van der Waals surface area contributed by atoms with Gasteiger partial charge in [-0.1, -0.05) is 6.92 Å². The maximum absolute atomic E-state index is 5.69. The number of thiophene rings is 1. The van der Waals surface area contributed by atoms with Crippen molar-refractivity contribution < 1.29 is 13.9 Å². The molecule has 0 saturated heterocycles. The van der Waals surface area contributed by atoms with Crippen molar-refractivity contribution in [2.45, 2.75) is 32.7 Å². The number of hydrogen-bond donors (Lipinski definition) is 0. The maximum Gasteiger partial charge on any atom is 0.162 e. The highest BCUT2D eigenvalue weighted by Gasteiger charge is 2.26. The van der Waals surface area contributed by atoms with Crippen LogP contribution in [-0.2, 0) is 19.4 Å². The lowest BCUT2D eigenvalue weighted by Gasteiger charge is -2.26. The zero-order chi connectivity index (χ0) is 21.4. The van der Waals surface area contributed by atoms with Crippen molar-refractivity contribution in [3.8, 4) is 11.5 Å². The van der Waals surface area contributed by atoms with Gasteiger partial charge in [-0.15, -0.1) is 11.3 Å². The van der Waals surface area contributed by atoms with Crippen molar-refractivity contribution >= 4 is 33.1 Å². The van der Waals surface area contributed by atoms with Gasteiger partial charge in [0.2, 0.25) is 0 Å². The number of benzene rings is 1. The fraction of sp³-hybridized carbons (Fsp3) is 0.333. The fourth-order valence-electron chi connectivity index (χ4n) is 4.31. The van der Waals surface area contributed by atoms with E-state index in [1.54, 1.807) is 38.1 Å². The Labute approximate surface area is 185 Å². The summed E-state index contributed by atoms with van der Waals surface area (Å²) < 4.78 is 16.7. The van der Waals surface area contributed by atoms with E-state index in [1.807, 2.05) is 30.3 Å². The van der Waals surface area contributed by atoms with Gasteiger partial charge >= 0.3 is 0 Å². The van der Waals surface area contributed by atoms with Crippen molar-refractivity contribution in [2.75, 3.05) is 19.1 Å². The molecule has 0 saturated carbocycles. The molecule has 0 spiro atoms. The number of nitrogens with zero attached hydrogens (tertiary/aromatic N) is 3. The number of rotatable bonds is 6. The highest BCUT2D eigenvalue weighted by molar-refractivity contribution is 7.19. The molecular weight excluding hydrogens is 410 g/mol. The van der Waals surface area contributed by atoms with Crippen LogP contribution < -0.4 is 14.4 Å². The second kappa shape index (κ2) is 8.23. The van der Waals surface area contributed by atoms with Crippen molar-refractivity contribution in [2.24, 2.45) is 5.92 Å². The van der Waals surface area contributed by atoms with E-state index in [0.29, 0.717) is 24.0 Å². The molecule has 3 heterocycles. The lowest BCUT2D eigenvalue weighted by molar-refractivity contribution is 0.355. The van der Waals surface area contributed by atoms with Crippen LogP contribution in [-0.4, -0.2) is 24.2 Å². The molecule has 160 valence electrons. The number of fused-ring (bicyclic) bond motifs is 3. The van der Waals surface area contributed by atoms with E-state index in [9.17, 15) is 0 Å². The van der Waals surface area contributed by atoms with Gasteiger partial charge in [-0.05, 0) is 55.0 Å². The average Bonchev–Trinajstić information content (AvgIpc) is 3.44. The van der Waals surface area contributed by atoms with E-state index < -0.39 is 0 Å². The third-order valence-electron chi connectivity index (χ3n) is 5.90. The Hall–Kier alpha value is -3.06. The van der Waals surface area contributed by atoms with Gasteiger partial charge in [-0.3, -0.25) is 0 Å². The first-order valence-corrected chi connectivity index (χ1v) is 11.3. The van der Waals surface area contributed by atoms with Gasteiger partial charge in [0.1, 0.15) is 22.7 Å². The molecular formula is C24H25N3O3S. The van der Waals surface area contributed by atoms with Crippen LogP contribution in [0.15, 0.2) is 47.3 Å². The Balaban J connectivity index is 1.69. The van der Waals surface area contributed by atoms with Gasteiger partial charge in [0.15, 0.2) is 11.5 Å². The summed E-state index contributed by atoms with van der Waals surface area (Å²) in [6.45, 7) is 2.87. The standard InChI is InChI=1S/C24H25N3O3S/c1-15-6-9-21-18(11-15)22-23(25-14-26-24(22)31-21)27(13-17-5-4-10-30-17)16-7-8-19(28-2)20(12-16)29-3/h4-5,7-8,10,12,14-15H,6,9,11,13H2,1-3H3. The molecule has 0 fully saturated rings. The van der Waals surface area contributed by atoms with Crippen molar-refractivity contribution in [1.82, 2.24) is 9.97 Å². The second-order valence-electron chi connectivity index (χ2n) is 7.93. The molecule has 3 aromatic heterocycles. The number of methoxy groups -OCH3 is 2. The summed E-state index contributed by atoms with van der Waals surface area (Å²) in [7, 11) is 3.29. The van der Waals surface area contributed by atoms with Crippen molar-refractivity contribution in [1.29, 1.82) is 0 Å². The molecule has 0 N–H and O–H groups in total. The molecule has 0 bridgehead atoms. The van der Waals surface area contributed by atoms with E-state index in [0.717, 1.165) is 40.3 Å². The van der Waals surface area contributed by atoms with Gasteiger partial charge in [-0.25, -0.2) is 9.97 Å². The van der Waals surface area contributed by atoms with Crippen LogP contribution in [0.25, 0.3) is 10.2 Å². The minimum atomic E-state index is 0.550. The van der Waals surface area contributed by atoms with Crippen LogP contribution in [0, 0.1) is 5.92 Å². The molecule has 7 heteroatoms.